The molecule has 0 aliphatic heterocycles. The lowest BCUT2D eigenvalue weighted by Gasteiger charge is -2.19. The van der Waals surface area contributed by atoms with Crippen molar-refractivity contribution in [3.8, 4) is 28.6 Å². The molecule has 31 heavy (non-hydrogen) atoms. The van der Waals surface area contributed by atoms with E-state index >= 15 is 0 Å². The van der Waals surface area contributed by atoms with Crippen LogP contribution < -0.4 is 14.2 Å². The van der Waals surface area contributed by atoms with Crippen LogP contribution in [0.3, 0.4) is 0 Å². The van der Waals surface area contributed by atoms with Gasteiger partial charge in [0.05, 0.1) is 14.2 Å². The number of amides is 1. The van der Waals surface area contributed by atoms with Gasteiger partial charge in [0.25, 0.3) is 5.91 Å². The molecule has 0 fully saturated rings. The second-order valence-corrected chi connectivity index (χ2v) is 6.53. The molecule has 0 saturated carbocycles. The zero-order valence-electron chi connectivity index (χ0n) is 17.8. The summed E-state index contributed by atoms with van der Waals surface area (Å²) in [6, 6.07) is 12.4. The van der Waals surface area contributed by atoms with Crippen LogP contribution in [0.25, 0.3) is 11.4 Å². The van der Waals surface area contributed by atoms with E-state index in [1.807, 2.05) is 13.0 Å². The van der Waals surface area contributed by atoms with Gasteiger partial charge in [0.2, 0.25) is 11.7 Å². The lowest BCUT2D eigenvalue weighted by molar-refractivity contribution is 0.0734. The smallest absolute Gasteiger partial charge is 0.254 e. The topological polar surface area (TPSA) is 86.9 Å². The van der Waals surface area contributed by atoms with Gasteiger partial charge in [-0.1, -0.05) is 23.9 Å². The van der Waals surface area contributed by atoms with Crippen LogP contribution in [0.15, 0.2) is 59.6 Å². The number of carbonyl (C=O) groups excluding carboxylic acids is 1. The molecule has 0 bridgehead atoms. The highest BCUT2D eigenvalue weighted by Crippen LogP contribution is 2.31. The summed E-state index contributed by atoms with van der Waals surface area (Å²) in [4.78, 5) is 19.0. The van der Waals surface area contributed by atoms with Crippen LogP contribution in [0, 0.1) is 0 Å². The van der Waals surface area contributed by atoms with Gasteiger partial charge >= 0.3 is 0 Å². The Morgan fingerprint density at radius 3 is 2.68 bits per heavy atom. The first-order valence-corrected chi connectivity index (χ1v) is 9.77. The van der Waals surface area contributed by atoms with Gasteiger partial charge in [-0.15, -0.1) is 0 Å². The van der Waals surface area contributed by atoms with E-state index in [4.69, 9.17) is 18.7 Å². The third-order valence-electron chi connectivity index (χ3n) is 4.55. The summed E-state index contributed by atoms with van der Waals surface area (Å²) >= 11 is 0. The molecule has 0 radical (unpaired) electrons. The summed E-state index contributed by atoms with van der Waals surface area (Å²) in [5.74, 6) is 2.36. The molecule has 0 atom stereocenters. The van der Waals surface area contributed by atoms with E-state index < -0.39 is 0 Å². The van der Waals surface area contributed by atoms with Crippen molar-refractivity contribution < 1.29 is 23.5 Å². The highest BCUT2D eigenvalue weighted by Gasteiger charge is 2.19. The average molecular weight is 423 g/mol. The first kappa shape index (κ1) is 21.9. The Balaban J connectivity index is 1.75. The van der Waals surface area contributed by atoms with Crippen LogP contribution in [0.4, 0.5) is 0 Å². The van der Waals surface area contributed by atoms with Crippen molar-refractivity contribution in [2.45, 2.75) is 13.5 Å². The van der Waals surface area contributed by atoms with Crippen molar-refractivity contribution in [3.05, 3.63) is 66.6 Å². The number of nitrogens with zero attached hydrogens (tertiary/aromatic N) is 3. The molecule has 0 N–H and O–H groups in total. The second-order valence-electron chi connectivity index (χ2n) is 6.53. The Bertz CT molecular complexity index is 1050. The number of rotatable bonds is 10. The van der Waals surface area contributed by atoms with E-state index in [2.05, 4.69) is 16.7 Å². The molecular formula is C23H25N3O5. The third-order valence-corrected chi connectivity index (χ3v) is 4.55. The standard InChI is InChI=1S/C23H25N3O5/c1-5-12-30-18-9-7-8-17(13-18)23(27)26(6-2)15-21-24-22(25-31-21)16-10-11-19(28-3)20(14-16)29-4/h5,7-11,13-14H,1,6,12,15H2,2-4H3. The Hall–Kier alpha value is -3.81. The molecular weight excluding hydrogens is 398 g/mol. The minimum absolute atomic E-state index is 0.155. The number of benzene rings is 2. The van der Waals surface area contributed by atoms with Gasteiger partial charge in [0.1, 0.15) is 18.9 Å². The summed E-state index contributed by atoms with van der Waals surface area (Å²) in [5, 5.41) is 4.03. The summed E-state index contributed by atoms with van der Waals surface area (Å²) < 4.78 is 21.5. The van der Waals surface area contributed by atoms with E-state index in [9.17, 15) is 4.79 Å². The van der Waals surface area contributed by atoms with Gasteiger partial charge in [-0.05, 0) is 43.3 Å². The van der Waals surface area contributed by atoms with E-state index in [1.165, 1.54) is 0 Å². The fourth-order valence-corrected chi connectivity index (χ4v) is 2.96. The normalized spacial score (nSPS) is 10.4. The minimum Gasteiger partial charge on any atom is -0.493 e. The lowest BCUT2D eigenvalue weighted by Crippen LogP contribution is -2.30. The van der Waals surface area contributed by atoms with Crippen molar-refractivity contribution in [2.24, 2.45) is 0 Å². The van der Waals surface area contributed by atoms with E-state index in [-0.39, 0.29) is 12.5 Å². The van der Waals surface area contributed by atoms with Crippen LogP contribution in [-0.4, -0.2) is 48.3 Å². The summed E-state index contributed by atoms with van der Waals surface area (Å²) in [7, 11) is 3.13. The van der Waals surface area contributed by atoms with Crippen molar-refractivity contribution in [1.29, 1.82) is 0 Å². The fraction of sp³-hybridized carbons (Fsp3) is 0.261. The van der Waals surface area contributed by atoms with Crippen LogP contribution in [0.1, 0.15) is 23.2 Å². The van der Waals surface area contributed by atoms with Crippen LogP contribution in [0.2, 0.25) is 0 Å². The lowest BCUT2D eigenvalue weighted by atomic mass is 10.2. The maximum Gasteiger partial charge on any atom is 0.254 e. The molecule has 8 heteroatoms. The summed E-state index contributed by atoms with van der Waals surface area (Å²) in [6.07, 6.45) is 1.65. The SMILES string of the molecule is C=CCOc1cccc(C(=O)N(CC)Cc2nc(-c3ccc(OC)c(OC)c3)no2)c1. The van der Waals surface area contributed by atoms with Crippen molar-refractivity contribution in [2.75, 3.05) is 27.4 Å². The number of aromatic nitrogens is 2. The first-order valence-electron chi connectivity index (χ1n) is 9.77. The molecule has 0 aliphatic carbocycles. The van der Waals surface area contributed by atoms with Gasteiger partial charge in [0, 0.05) is 17.7 Å². The summed E-state index contributed by atoms with van der Waals surface area (Å²) in [5.41, 5.74) is 1.23. The zero-order chi connectivity index (χ0) is 22.2. The van der Waals surface area contributed by atoms with E-state index in [0.29, 0.717) is 53.2 Å². The molecule has 1 aromatic heterocycles. The highest BCUT2D eigenvalue weighted by molar-refractivity contribution is 5.94. The maximum absolute atomic E-state index is 13.0. The molecule has 162 valence electrons. The van der Waals surface area contributed by atoms with Crippen LogP contribution in [-0.2, 0) is 6.54 Å². The van der Waals surface area contributed by atoms with Gasteiger partial charge in [-0.2, -0.15) is 4.98 Å². The first-order chi connectivity index (χ1) is 15.1. The number of hydrogen-bond donors (Lipinski definition) is 0. The summed E-state index contributed by atoms with van der Waals surface area (Å²) in [6.45, 7) is 6.55. The highest BCUT2D eigenvalue weighted by atomic mass is 16.5. The Kier molecular flexibility index (Phi) is 7.26. The average Bonchev–Trinajstić information content (AvgIpc) is 3.29. The fourth-order valence-electron chi connectivity index (χ4n) is 2.96. The van der Waals surface area contributed by atoms with E-state index in [1.54, 1.807) is 61.6 Å². The minimum atomic E-state index is -0.155. The zero-order valence-corrected chi connectivity index (χ0v) is 17.8. The Labute approximate surface area is 181 Å². The van der Waals surface area contributed by atoms with Gasteiger partial charge in [-0.3, -0.25) is 4.79 Å². The molecule has 3 aromatic rings. The number of carbonyl (C=O) groups is 1. The van der Waals surface area contributed by atoms with Crippen LogP contribution in [0.5, 0.6) is 17.2 Å². The Morgan fingerprint density at radius 2 is 1.97 bits per heavy atom. The van der Waals surface area contributed by atoms with Gasteiger partial charge in [0.15, 0.2) is 11.5 Å². The van der Waals surface area contributed by atoms with E-state index in [0.717, 1.165) is 0 Å². The molecule has 0 spiro atoms. The molecule has 0 unspecified atom stereocenters. The second kappa shape index (κ2) is 10.3. The molecule has 8 nitrogen and oxygen atoms in total. The molecule has 0 aliphatic rings. The monoisotopic (exact) mass is 423 g/mol. The molecule has 2 aromatic carbocycles. The molecule has 1 heterocycles. The largest absolute Gasteiger partial charge is 0.493 e. The number of ether oxygens (including phenoxy) is 3. The predicted octanol–water partition coefficient (Wildman–Crippen LogP) is 3.98. The van der Waals surface area contributed by atoms with Crippen molar-refractivity contribution >= 4 is 5.91 Å². The number of hydrogen-bond acceptors (Lipinski definition) is 7. The van der Waals surface area contributed by atoms with Gasteiger partial charge < -0.3 is 23.6 Å². The quantitative estimate of drug-likeness (QED) is 0.456. The number of methoxy groups -OCH3 is 2. The van der Waals surface area contributed by atoms with Crippen LogP contribution >= 0.6 is 0 Å². The molecule has 0 saturated heterocycles. The predicted molar refractivity (Wildman–Crippen MR) is 115 cm³/mol. The third kappa shape index (κ3) is 5.22. The molecule has 1 amide bonds. The van der Waals surface area contributed by atoms with Gasteiger partial charge in [-0.25, -0.2) is 0 Å². The van der Waals surface area contributed by atoms with Crippen molar-refractivity contribution in [3.63, 3.8) is 0 Å². The maximum atomic E-state index is 13.0. The Morgan fingerprint density at radius 1 is 1.16 bits per heavy atom. The van der Waals surface area contributed by atoms with Crippen molar-refractivity contribution in [1.82, 2.24) is 15.0 Å². The molecule has 3 rings (SSSR count).